The zero-order valence-electron chi connectivity index (χ0n) is 8.05. The Hall–Kier alpha value is 0.0900. The van der Waals surface area contributed by atoms with Gasteiger partial charge in [0, 0.05) is 6.54 Å². The molecule has 0 spiro atoms. The Balaban J connectivity index is 0.00000169. The highest BCUT2D eigenvalue weighted by Crippen LogP contribution is 2.23. The minimum Gasteiger partial charge on any atom is -0.394 e. The van der Waals surface area contributed by atoms with Crippen LogP contribution in [0.2, 0.25) is 0 Å². The smallest absolute Gasteiger partial charge is 0.109 e. The second kappa shape index (κ2) is 5.25. The summed E-state index contributed by atoms with van der Waals surface area (Å²) in [5.74, 6) is 0. The molecule has 14 heavy (non-hydrogen) atoms. The zero-order valence-corrected chi connectivity index (χ0v) is 8.87. The van der Waals surface area contributed by atoms with Gasteiger partial charge in [-0.1, -0.05) is 6.92 Å². The molecular weight excluding hydrogens is 210 g/mol. The fourth-order valence-electron chi connectivity index (χ4n) is 1.67. The average Bonchev–Trinajstić information content (AvgIpc) is 2.16. The van der Waals surface area contributed by atoms with E-state index in [1.165, 1.54) is 0 Å². The van der Waals surface area contributed by atoms with Crippen LogP contribution in [0, 0.1) is 0 Å². The number of aliphatic hydroxyl groups is 4. The summed E-state index contributed by atoms with van der Waals surface area (Å²) in [6.07, 6.45) is -2.80. The maximum absolute atomic E-state index is 9.63. The van der Waals surface area contributed by atoms with Crippen molar-refractivity contribution in [2.75, 3.05) is 13.2 Å². The Bertz CT molecular complexity index is 177. The van der Waals surface area contributed by atoms with Crippen molar-refractivity contribution in [1.82, 2.24) is 5.32 Å². The Morgan fingerprint density at radius 1 is 1.36 bits per heavy atom. The van der Waals surface area contributed by atoms with Crippen molar-refractivity contribution in [1.29, 1.82) is 0 Å². The van der Waals surface area contributed by atoms with Crippen molar-refractivity contribution in [3.63, 3.8) is 0 Å². The molecule has 1 saturated heterocycles. The summed E-state index contributed by atoms with van der Waals surface area (Å²) >= 11 is 0. The van der Waals surface area contributed by atoms with E-state index in [2.05, 4.69) is 5.32 Å². The predicted molar refractivity (Wildman–Crippen MR) is 53.4 cm³/mol. The molecule has 86 valence electrons. The SMILES string of the molecule is CC[C@@]1(CO)NC[C@H](O)[C@@H](O)[C@@H]1O.Cl. The molecule has 0 amide bonds. The highest BCUT2D eigenvalue weighted by Gasteiger charge is 2.46. The molecular formula is C8H18ClNO4. The maximum Gasteiger partial charge on any atom is 0.109 e. The van der Waals surface area contributed by atoms with Gasteiger partial charge >= 0.3 is 0 Å². The van der Waals surface area contributed by atoms with Crippen LogP contribution in [0.25, 0.3) is 0 Å². The molecule has 0 aromatic rings. The highest BCUT2D eigenvalue weighted by atomic mass is 35.5. The van der Waals surface area contributed by atoms with Crippen molar-refractivity contribution in [3.8, 4) is 0 Å². The first-order valence-corrected chi connectivity index (χ1v) is 4.47. The third-order valence-corrected chi connectivity index (χ3v) is 2.86. The number of β-amino-alcohol motifs (C(OH)–C–C–N with tert-alkyl or cyclic N) is 1. The molecule has 1 aliphatic heterocycles. The molecule has 0 aromatic heterocycles. The van der Waals surface area contributed by atoms with Gasteiger partial charge in [-0.05, 0) is 6.42 Å². The quantitative estimate of drug-likeness (QED) is 0.385. The summed E-state index contributed by atoms with van der Waals surface area (Å²) in [6, 6.07) is 0. The molecule has 1 heterocycles. The monoisotopic (exact) mass is 227 g/mol. The molecule has 5 N–H and O–H groups in total. The van der Waals surface area contributed by atoms with Crippen molar-refractivity contribution in [3.05, 3.63) is 0 Å². The van der Waals surface area contributed by atoms with E-state index in [4.69, 9.17) is 5.11 Å². The highest BCUT2D eigenvalue weighted by molar-refractivity contribution is 5.85. The summed E-state index contributed by atoms with van der Waals surface area (Å²) in [6.45, 7) is 1.73. The van der Waals surface area contributed by atoms with Gasteiger partial charge in [0.25, 0.3) is 0 Å². The van der Waals surface area contributed by atoms with Crippen molar-refractivity contribution >= 4 is 12.4 Å². The second-order valence-corrected chi connectivity index (χ2v) is 3.55. The lowest BCUT2D eigenvalue weighted by atomic mass is 9.81. The molecule has 4 atom stereocenters. The Kier molecular flexibility index (Phi) is 5.28. The van der Waals surface area contributed by atoms with E-state index < -0.39 is 23.9 Å². The van der Waals surface area contributed by atoms with E-state index in [0.717, 1.165) is 0 Å². The number of aliphatic hydroxyl groups excluding tert-OH is 4. The van der Waals surface area contributed by atoms with Crippen LogP contribution in [0.1, 0.15) is 13.3 Å². The molecule has 0 aliphatic carbocycles. The predicted octanol–water partition coefficient (Wildman–Crippen LogP) is -1.76. The largest absolute Gasteiger partial charge is 0.394 e. The van der Waals surface area contributed by atoms with Crippen LogP contribution in [0.15, 0.2) is 0 Å². The van der Waals surface area contributed by atoms with Crippen LogP contribution in [0.3, 0.4) is 0 Å². The lowest BCUT2D eigenvalue weighted by molar-refractivity contribution is -0.134. The van der Waals surface area contributed by atoms with Crippen LogP contribution in [0.5, 0.6) is 0 Å². The van der Waals surface area contributed by atoms with Crippen molar-refractivity contribution in [2.24, 2.45) is 0 Å². The first kappa shape index (κ1) is 14.1. The van der Waals surface area contributed by atoms with Gasteiger partial charge in [-0.2, -0.15) is 0 Å². The van der Waals surface area contributed by atoms with Crippen molar-refractivity contribution < 1.29 is 20.4 Å². The summed E-state index contributed by atoms with van der Waals surface area (Å²) in [5, 5.41) is 40.2. The van der Waals surface area contributed by atoms with Crippen LogP contribution < -0.4 is 5.32 Å². The van der Waals surface area contributed by atoms with Gasteiger partial charge in [0.05, 0.1) is 18.2 Å². The van der Waals surface area contributed by atoms with Gasteiger partial charge in [0.15, 0.2) is 0 Å². The minimum absolute atomic E-state index is 0. The number of piperidine rings is 1. The molecule has 0 unspecified atom stereocenters. The van der Waals surface area contributed by atoms with Gasteiger partial charge in [-0.25, -0.2) is 0 Å². The Morgan fingerprint density at radius 2 is 1.93 bits per heavy atom. The first-order valence-electron chi connectivity index (χ1n) is 4.47. The van der Waals surface area contributed by atoms with Crippen molar-refractivity contribution in [2.45, 2.75) is 37.2 Å². The number of nitrogens with one attached hydrogen (secondary N) is 1. The molecule has 6 heteroatoms. The number of hydrogen-bond acceptors (Lipinski definition) is 5. The molecule has 1 aliphatic rings. The number of halogens is 1. The molecule has 0 aromatic carbocycles. The lowest BCUT2D eigenvalue weighted by Gasteiger charge is -2.45. The summed E-state index contributed by atoms with van der Waals surface area (Å²) in [5.41, 5.74) is -0.876. The van der Waals surface area contributed by atoms with Crippen LogP contribution in [0.4, 0.5) is 0 Å². The van der Waals surface area contributed by atoms with Gasteiger partial charge in [0.1, 0.15) is 12.2 Å². The minimum atomic E-state index is -1.19. The van der Waals surface area contributed by atoms with Gasteiger partial charge in [0.2, 0.25) is 0 Å². The van der Waals surface area contributed by atoms with Crippen LogP contribution in [-0.4, -0.2) is 57.4 Å². The summed E-state index contributed by atoms with van der Waals surface area (Å²) in [7, 11) is 0. The second-order valence-electron chi connectivity index (χ2n) is 3.55. The van der Waals surface area contributed by atoms with E-state index in [1.807, 2.05) is 0 Å². The van der Waals surface area contributed by atoms with Crippen LogP contribution >= 0.6 is 12.4 Å². The summed E-state index contributed by atoms with van der Waals surface area (Å²) in [4.78, 5) is 0. The normalized spacial score (nSPS) is 43.1. The first-order chi connectivity index (χ1) is 6.07. The van der Waals surface area contributed by atoms with Gasteiger partial charge < -0.3 is 25.7 Å². The third-order valence-electron chi connectivity index (χ3n) is 2.86. The zero-order chi connectivity index (χ0) is 10.1. The van der Waals surface area contributed by atoms with Crippen LogP contribution in [-0.2, 0) is 0 Å². The Morgan fingerprint density at radius 3 is 2.36 bits per heavy atom. The fourth-order valence-corrected chi connectivity index (χ4v) is 1.67. The molecule has 5 nitrogen and oxygen atoms in total. The number of rotatable bonds is 2. The standard InChI is InChI=1S/C8H17NO4.ClH/c1-2-8(4-10)7(13)6(12)5(11)3-9-8;/h5-7,9-13H,2-4H2,1H3;1H/t5-,6+,7-,8-;/m0./s1. The number of hydrogen-bond donors (Lipinski definition) is 5. The fraction of sp³-hybridized carbons (Fsp3) is 1.00. The summed E-state index contributed by atoms with van der Waals surface area (Å²) < 4.78 is 0. The molecule has 0 saturated carbocycles. The van der Waals surface area contributed by atoms with Gasteiger partial charge in [-0.3, -0.25) is 0 Å². The molecule has 1 rings (SSSR count). The van der Waals surface area contributed by atoms with E-state index in [0.29, 0.717) is 6.42 Å². The van der Waals surface area contributed by atoms with Gasteiger partial charge in [-0.15, -0.1) is 12.4 Å². The average molecular weight is 228 g/mol. The van der Waals surface area contributed by atoms with E-state index in [-0.39, 0.29) is 25.6 Å². The van der Waals surface area contributed by atoms with E-state index in [1.54, 1.807) is 6.92 Å². The molecule has 0 bridgehead atoms. The lowest BCUT2D eigenvalue weighted by Crippen LogP contribution is -2.69. The topological polar surface area (TPSA) is 93.0 Å². The maximum atomic E-state index is 9.63. The molecule has 1 fully saturated rings. The molecule has 0 radical (unpaired) electrons. The third kappa shape index (κ3) is 2.18. The van der Waals surface area contributed by atoms with E-state index in [9.17, 15) is 15.3 Å². The van der Waals surface area contributed by atoms with E-state index >= 15 is 0 Å². The Labute approximate surface area is 89.2 Å².